The lowest BCUT2D eigenvalue weighted by atomic mass is 10.2. The lowest BCUT2D eigenvalue weighted by Gasteiger charge is -2.20. The second-order valence-corrected chi connectivity index (χ2v) is 5.64. The SMILES string of the molecule is CNCc1oc(CN(C)CCN2CCCC2)cc1C. The number of hydrogen-bond donors (Lipinski definition) is 1. The monoisotopic (exact) mass is 265 g/mol. The number of aryl methyl sites for hydroxylation is 1. The fraction of sp³-hybridized carbons (Fsp3) is 0.733. The van der Waals surface area contributed by atoms with E-state index in [0.717, 1.165) is 31.2 Å². The third kappa shape index (κ3) is 4.34. The van der Waals surface area contributed by atoms with Gasteiger partial charge in [0, 0.05) is 13.1 Å². The molecule has 0 amide bonds. The topological polar surface area (TPSA) is 31.7 Å². The van der Waals surface area contributed by atoms with Crippen LogP contribution in [0.4, 0.5) is 0 Å². The molecule has 1 aliphatic rings. The van der Waals surface area contributed by atoms with Gasteiger partial charge in [-0.1, -0.05) is 0 Å². The first-order valence-corrected chi connectivity index (χ1v) is 7.32. The van der Waals surface area contributed by atoms with Crippen LogP contribution in [0.15, 0.2) is 10.5 Å². The molecule has 0 saturated carbocycles. The minimum absolute atomic E-state index is 0.809. The van der Waals surface area contributed by atoms with Crippen molar-refractivity contribution < 1.29 is 4.42 Å². The Morgan fingerprint density at radius 2 is 2.11 bits per heavy atom. The Labute approximate surface area is 116 Å². The molecule has 1 aromatic rings. The van der Waals surface area contributed by atoms with Gasteiger partial charge < -0.3 is 14.6 Å². The molecule has 19 heavy (non-hydrogen) atoms. The number of furan rings is 1. The van der Waals surface area contributed by atoms with Crippen LogP contribution in [0.5, 0.6) is 0 Å². The van der Waals surface area contributed by atoms with Gasteiger partial charge in [0.25, 0.3) is 0 Å². The Hall–Kier alpha value is -0.840. The van der Waals surface area contributed by atoms with Gasteiger partial charge in [-0.3, -0.25) is 4.90 Å². The fourth-order valence-electron chi connectivity index (χ4n) is 2.67. The molecule has 0 spiro atoms. The number of likely N-dealkylation sites (tertiary alicyclic amines) is 1. The molecular weight excluding hydrogens is 238 g/mol. The van der Waals surface area contributed by atoms with E-state index in [4.69, 9.17) is 4.42 Å². The molecule has 1 saturated heterocycles. The first kappa shape index (κ1) is 14.6. The molecule has 1 N–H and O–H groups in total. The zero-order valence-electron chi connectivity index (χ0n) is 12.5. The summed E-state index contributed by atoms with van der Waals surface area (Å²) in [6.07, 6.45) is 2.74. The van der Waals surface area contributed by atoms with E-state index in [-0.39, 0.29) is 0 Å². The van der Waals surface area contributed by atoms with E-state index in [0.29, 0.717) is 0 Å². The van der Waals surface area contributed by atoms with Crippen molar-refractivity contribution in [2.45, 2.75) is 32.9 Å². The molecule has 0 atom stereocenters. The van der Waals surface area contributed by atoms with E-state index >= 15 is 0 Å². The lowest BCUT2D eigenvalue weighted by molar-refractivity contribution is 0.238. The molecule has 1 aromatic heterocycles. The number of rotatable bonds is 7. The summed E-state index contributed by atoms with van der Waals surface area (Å²) in [5.41, 5.74) is 1.25. The molecule has 0 bridgehead atoms. The molecular formula is C15H27N3O. The molecule has 0 unspecified atom stereocenters. The van der Waals surface area contributed by atoms with Gasteiger partial charge in [-0.25, -0.2) is 0 Å². The first-order valence-electron chi connectivity index (χ1n) is 7.32. The maximum Gasteiger partial charge on any atom is 0.120 e. The highest BCUT2D eigenvalue weighted by Gasteiger charge is 2.13. The average molecular weight is 265 g/mol. The van der Waals surface area contributed by atoms with E-state index in [1.807, 2.05) is 7.05 Å². The Morgan fingerprint density at radius 3 is 2.79 bits per heavy atom. The number of likely N-dealkylation sites (N-methyl/N-ethyl adjacent to an activating group) is 1. The smallest absolute Gasteiger partial charge is 0.120 e. The van der Waals surface area contributed by atoms with Gasteiger partial charge in [0.1, 0.15) is 11.5 Å². The van der Waals surface area contributed by atoms with Crippen LogP contribution < -0.4 is 5.32 Å². The highest BCUT2D eigenvalue weighted by atomic mass is 16.3. The van der Waals surface area contributed by atoms with Crippen LogP contribution in [-0.2, 0) is 13.1 Å². The van der Waals surface area contributed by atoms with Crippen molar-refractivity contribution >= 4 is 0 Å². The minimum Gasteiger partial charge on any atom is -0.463 e. The Balaban J connectivity index is 1.77. The third-order valence-corrected chi connectivity index (χ3v) is 3.83. The maximum absolute atomic E-state index is 5.88. The number of hydrogen-bond acceptors (Lipinski definition) is 4. The van der Waals surface area contributed by atoms with Crippen molar-refractivity contribution in [1.29, 1.82) is 0 Å². The van der Waals surface area contributed by atoms with Crippen molar-refractivity contribution in [2.75, 3.05) is 40.3 Å². The van der Waals surface area contributed by atoms with Gasteiger partial charge in [0.2, 0.25) is 0 Å². The molecule has 4 nitrogen and oxygen atoms in total. The molecule has 0 aliphatic carbocycles. The summed E-state index contributed by atoms with van der Waals surface area (Å²) < 4.78 is 5.88. The van der Waals surface area contributed by atoms with E-state index in [2.05, 4.69) is 35.2 Å². The van der Waals surface area contributed by atoms with Crippen LogP contribution in [0.3, 0.4) is 0 Å². The van der Waals surface area contributed by atoms with Crippen molar-refractivity contribution in [3.05, 3.63) is 23.2 Å². The van der Waals surface area contributed by atoms with Gasteiger partial charge in [-0.2, -0.15) is 0 Å². The third-order valence-electron chi connectivity index (χ3n) is 3.83. The van der Waals surface area contributed by atoms with Gasteiger partial charge in [-0.05, 0) is 58.6 Å². The largest absolute Gasteiger partial charge is 0.463 e. The van der Waals surface area contributed by atoms with Crippen molar-refractivity contribution in [1.82, 2.24) is 15.1 Å². The number of nitrogens with one attached hydrogen (secondary N) is 1. The summed E-state index contributed by atoms with van der Waals surface area (Å²) in [7, 11) is 4.12. The summed E-state index contributed by atoms with van der Waals surface area (Å²) in [6, 6.07) is 2.17. The molecule has 0 aromatic carbocycles. The molecule has 2 heterocycles. The normalized spacial score (nSPS) is 16.6. The predicted octanol–water partition coefficient (Wildman–Crippen LogP) is 1.84. The Kier molecular flexibility index (Phi) is 5.43. The second kappa shape index (κ2) is 7.08. The molecule has 1 fully saturated rings. The quantitative estimate of drug-likeness (QED) is 0.815. The lowest BCUT2D eigenvalue weighted by Crippen LogP contribution is -2.31. The highest BCUT2D eigenvalue weighted by molar-refractivity contribution is 5.19. The summed E-state index contributed by atoms with van der Waals surface area (Å²) in [5, 5.41) is 3.14. The van der Waals surface area contributed by atoms with Crippen LogP contribution in [0.1, 0.15) is 29.9 Å². The van der Waals surface area contributed by atoms with Crippen LogP contribution in [0.2, 0.25) is 0 Å². The van der Waals surface area contributed by atoms with Crippen LogP contribution >= 0.6 is 0 Å². The van der Waals surface area contributed by atoms with E-state index in [9.17, 15) is 0 Å². The first-order chi connectivity index (χ1) is 9.19. The summed E-state index contributed by atoms with van der Waals surface area (Å²) in [4.78, 5) is 4.90. The standard InChI is InChI=1S/C15H27N3O/c1-13-10-14(19-15(13)11-16-2)12-17(3)8-9-18-6-4-5-7-18/h10,16H,4-9,11-12H2,1-3H3. The fourth-order valence-corrected chi connectivity index (χ4v) is 2.67. The zero-order valence-corrected chi connectivity index (χ0v) is 12.5. The van der Waals surface area contributed by atoms with Crippen molar-refractivity contribution in [2.24, 2.45) is 0 Å². The molecule has 1 aliphatic heterocycles. The predicted molar refractivity (Wildman–Crippen MR) is 78.2 cm³/mol. The van der Waals surface area contributed by atoms with E-state index < -0.39 is 0 Å². The van der Waals surface area contributed by atoms with Crippen molar-refractivity contribution in [3.63, 3.8) is 0 Å². The Morgan fingerprint density at radius 1 is 1.37 bits per heavy atom. The summed E-state index contributed by atoms with van der Waals surface area (Å²) >= 11 is 0. The van der Waals surface area contributed by atoms with Gasteiger partial charge >= 0.3 is 0 Å². The zero-order chi connectivity index (χ0) is 13.7. The van der Waals surface area contributed by atoms with Crippen LogP contribution in [0.25, 0.3) is 0 Å². The highest BCUT2D eigenvalue weighted by Crippen LogP contribution is 2.16. The number of nitrogens with zero attached hydrogens (tertiary/aromatic N) is 2. The van der Waals surface area contributed by atoms with Gasteiger partial charge in [0.05, 0.1) is 13.1 Å². The average Bonchev–Trinajstić information content (AvgIpc) is 2.98. The van der Waals surface area contributed by atoms with Crippen LogP contribution in [-0.4, -0.2) is 50.1 Å². The molecule has 0 radical (unpaired) electrons. The Bertz CT molecular complexity index is 383. The second-order valence-electron chi connectivity index (χ2n) is 5.64. The van der Waals surface area contributed by atoms with Gasteiger partial charge in [0.15, 0.2) is 0 Å². The maximum atomic E-state index is 5.88. The van der Waals surface area contributed by atoms with Crippen LogP contribution in [0, 0.1) is 6.92 Å². The van der Waals surface area contributed by atoms with E-state index in [1.54, 1.807) is 0 Å². The molecule has 108 valence electrons. The van der Waals surface area contributed by atoms with Gasteiger partial charge in [-0.15, -0.1) is 0 Å². The minimum atomic E-state index is 0.809. The summed E-state index contributed by atoms with van der Waals surface area (Å²) in [5.74, 6) is 2.14. The summed E-state index contributed by atoms with van der Waals surface area (Å²) in [6.45, 7) is 8.67. The molecule has 2 rings (SSSR count). The van der Waals surface area contributed by atoms with E-state index in [1.165, 1.54) is 38.0 Å². The van der Waals surface area contributed by atoms with Crippen molar-refractivity contribution in [3.8, 4) is 0 Å². The molecule has 4 heteroatoms.